The summed E-state index contributed by atoms with van der Waals surface area (Å²) in [7, 11) is 1.64. The highest BCUT2D eigenvalue weighted by molar-refractivity contribution is 7.80. The van der Waals surface area contributed by atoms with E-state index in [2.05, 4.69) is 5.32 Å². The number of rotatable bonds is 6. The lowest BCUT2D eigenvalue weighted by Crippen LogP contribution is -2.40. The number of carbonyl (C=O) groups is 1. The quantitative estimate of drug-likeness (QED) is 0.773. The smallest absolute Gasteiger partial charge is 0.233 e. The highest BCUT2D eigenvalue weighted by Gasteiger charge is 2.52. The van der Waals surface area contributed by atoms with Crippen LogP contribution >= 0.6 is 12.2 Å². The molecule has 0 atom stereocenters. The summed E-state index contributed by atoms with van der Waals surface area (Å²) in [6, 6.07) is 7.81. The van der Waals surface area contributed by atoms with E-state index in [1.165, 1.54) is 0 Å². The third kappa shape index (κ3) is 3.04. The monoisotopic (exact) mass is 278 g/mol. The molecular formula is C14H18N2O2S. The number of hydrogen-bond donors (Lipinski definition) is 2. The molecule has 3 N–H and O–H groups in total. The average molecular weight is 278 g/mol. The lowest BCUT2D eigenvalue weighted by molar-refractivity contribution is -0.123. The van der Waals surface area contributed by atoms with Crippen LogP contribution in [0.1, 0.15) is 18.4 Å². The van der Waals surface area contributed by atoms with Gasteiger partial charge < -0.3 is 15.8 Å². The van der Waals surface area contributed by atoms with Crippen molar-refractivity contribution in [2.24, 2.45) is 11.1 Å². The summed E-state index contributed by atoms with van der Waals surface area (Å²) in [6.07, 6.45) is 2.30. The van der Waals surface area contributed by atoms with Gasteiger partial charge in [-0.25, -0.2) is 0 Å². The van der Waals surface area contributed by atoms with Gasteiger partial charge >= 0.3 is 0 Å². The molecule has 0 radical (unpaired) electrons. The maximum Gasteiger partial charge on any atom is 0.233 e. The molecule has 102 valence electrons. The molecule has 1 aliphatic carbocycles. The normalized spacial score (nSPS) is 15.6. The molecule has 1 aromatic carbocycles. The second-order valence-electron chi connectivity index (χ2n) is 4.80. The van der Waals surface area contributed by atoms with E-state index < -0.39 is 5.41 Å². The number of nitrogens with two attached hydrogens (primary N) is 1. The van der Waals surface area contributed by atoms with Crippen LogP contribution in [-0.4, -0.2) is 24.6 Å². The second-order valence-corrected chi connectivity index (χ2v) is 5.24. The number of carbonyl (C=O) groups excluding carboxylic acids is 1. The summed E-state index contributed by atoms with van der Waals surface area (Å²) in [5, 5.41) is 2.91. The average Bonchev–Trinajstić information content (AvgIpc) is 3.20. The van der Waals surface area contributed by atoms with Crippen LogP contribution in [0.25, 0.3) is 0 Å². The molecule has 5 heteroatoms. The number of methoxy groups -OCH3 is 1. The molecule has 1 amide bonds. The molecule has 1 aromatic rings. The standard InChI is InChI=1S/C14H18N2O2S/c1-18-11-4-2-3-10(9-11)5-8-16-13(17)14(6-7-14)12(15)19/h2-4,9H,5-8H2,1H3,(H2,15,19)(H,16,17). The van der Waals surface area contributed by atoms with Crippen LogP contribution in [0, 0.1) is 5.41 Å². The second kappa shape index (κ2) is 5.57. The molecular weight excluding hydrogens is 260 g/mol. The van der Waals surface area contributed by atoms with Gasteiger partial charge in [-0.05, 0) is 37.0 Å². The molecule has 1 saturated carbocycles. The molecule has 0 bridgehead atoms. The fourth-order valence-electron chi connectivity index (χ4n) is 2.03. The van der Waals surface area contributed by atoms with Gasteiger partial charge in [0.15, 0.2) is 0 Å². The SMILES string of the molecule is COc1cccc(CCNC(=O)C2(C(N)=S)CC2)c1. The van der Waals surface area contributed by atoms with Gasteiger partial charge in [0.2, 0.25) is 5.91 Å². The predicted octanol–water partition coefficient (Wildman–Crippen LogP) is 1.42. The number of thiocarbonyl (C=S) groups is 1. The Hall–Kier alpha value is -1.62. The third-order valence-corrected chi connectivity index (χ3v) is 3.88. The van der Waals surface area contributed by atoms with Gasteiger partial charge in [-0.2, -0.15) is 0 Å². The molecule has 1 aliphatic rings. The van der Waals surface area contributed by atoms with Gasteiger partial charge in [0.05, 0.1) is 17.5 Å². The fourth-order valence-corrected chi connectivity index (χ4v) is 2.32. The van der Waals surface area contributed by atoms with Crippen LogP contribution < -0.4 is 15.8 Å². The van der Waals surface area contributed by atoms with Crippen molar-refractivity contribution in [3.63, 3.8) is 0 Å². The van der Waals surface area contributed by atoms with Crippen molar-refractivity contribution < 1.29 is 9.53 Å². The van der Waals surface area contributed by atoms with E-state index in [9.17, 15) is 4.79 Å². The first-order chi connectivity index (χ1) is 9.08. The summed E-state index contributed by atoms with van der Waals surface area (Å²) in [4.78, 5) is 12.3. The molecule has 0 spiro atoms. The van der Waals surface area contributed by atoms with Gasteiger partial charge in [0.1, 0.15) is 5.75 Å². The number of ether oxygens (including phenoxy) is 1. The molecule has 4 nitrogen and oxygen atoms in total. The van der Waals surface area contributed by atoms with Crippen molar-refractivity contribution in [2.45, 2.75) is 19.3 Å². The van der Waals surface area contributed by atoms with Gasteiger partial charge in [-0.3, -0.25) is 4.79 Å². The van der Waals surface area contributed by atoms with Crippen molar-refractivity contribution in [2.75, 3.05) is 13.7 Å². The lowest BCUT2D eigenvalue weighted by Gasteiger charge is -2.13. The van der Waals surface area contributed by atoms with E-state index in [1.54, 1.807) is 7.11 Å². The number of benzene rings is 1. The first-order valence-electron chi connectivity index (χ1n) is 6.29. The first-order valence-corrected chi connectivity index (χ1v) is 6.70. The van der Waals surface area contributed by atoms with Crippen LogP contribution in [0.2, 0.25) is 0 Å². The van der Waals surface area contributed by atoms with E-state index in [0.29, 0.717) is 11.5 Å². The minimum absolute atomic E-state index is 0.0390. The van der Waals surface area contributed by atoms with E-state index in [1.807, 2.05) is 24.3 Å². The Morgan fingerprint density at radius 2 is 2.26 bits per heavy atom. The summed E-state index contributed by atoms with van der Waals surface area (Å²) in [5.74, 6) is 0.786. The maximum absolute atomic E-state index is 12.0. The van der Waals surface area contributed by atoms with Crippen LogP contribution in [0.4, 0.5) is 0 Å². The summed E-state index contributed by atoms with van der Waals surface area (Å²) >= 11 is 4.95. The molecule has 0 saturated heterocycles. The van der Waals surface area contributed by atoms with E-state index in [0.717, 1.165) is 30.6 Å². The zero-order chi connectivity index (χ0) is 13.9. The van der Waals surface area contributed by atoms with Crippen LogP contribution in [0.5, 0.6) is 5.75 Å². The Labute approximate surface area is 118 Å². The van der Waals surface area contributed by atoms with Crippen molar-refractivity contribution in [3.05, 3.63) is 29.8 Å². The van der Waals surface area contributed by atoms with Gasteiger partial charge in [-0.1, -0.05) is 24.4 Å². The molecule has 0 heterocycles. The van der Waals surface area contributed by atoms with Crippen molar-refractivity contribution in [1.29, 1.82) is 0 Å². The lowest BCUT2D eigenvalue weighted by atomic mass is 10.1. The molecule has 0 unspecified atom stereocenters. The summed E-state index contributed by atoms with van der Waals surface area (Å²) in [6.45, 7) is 0.580. The summed E-state index contributed by atoms with van der Waals surface area (Å²) in [5.41, 5.74) is 6.17. The summed E-state index contributed by atoms with van der Waals surface area (Å²) < 4.78 is 5.16. The number of nitrogens with one attached hydrogen (secondary N) is 1. The fraction of sp³-hybridized carbons (Fsp3) is 0.429. The van der Waals surface area contributed by atoms with Crippen molar-refractivity contribution >= 4 is 23.1 Å². The first kappa shape index (κ1) is 13.8. The van der Waals surface area contributed by atoms with Crippen LogP contribution in [0.3, 0.4) is 0 Å². The highest BCUT2D eigenvalue weighted by atomic mass is 32.1. The molecule has 0 aromatic heterocycles. The molecule has 2 rings (SSSR count). The topological polar surface area (TPSA) is 64.3 Å². The minimum atomic E-state index is -0.566. The van der Waals surface area contributed by atoms with Crippen molar-refractivity contribution in [3.8, 4) is 5.75 Å². The maximum atomic E-state index is 12.0. The predicted molar refractivity (Wildman–Crippen MR) is 78.2 cm³/mol. The van der Waals surface area contributed by atoms with Crippen molar-refractivity contribution in [1.82, 2.24) is 5.32 Å². The highest BCUT2D eigenvalue weighted by Crippen LogP contribution is 2.46. The number of amides is 1. The van der Waals surface area contributed by atoms with Gasteiger partial charge in [-0.15, -0.1) is 0 Å². The van der Waals surface area contributed by atoms with E-state index in [4.69, 9.17) is 22.7 Å². The Balaban J connectivity index is 1.83. The molecule has 0 aliphatic heterocycles. The zero-order valence-corrected chi connectivity index (χ0v) is 11.8. The number of hydrogen-bond acceptors (Lipinski definition) is 3. The van der Waals surface area contributed by atoms with E-state index in [-0.39, 0.29) is 5.91 Å². The minimum Gasteiger partial charge on any atom is -0.497 e. The molecule has 19 heavy (non-hydrogen) atoms. The Morgan fingerprint density at radius 3 is 2.84 bits per heavy atom. The van der Waals surface area contributed by atoms with Crippen LogP contribution in [-0.2, 0) is 11.2 Å². The zero-order valence-electron chi connectivity index (χ0n) is 10.9. The van der Waals surface area contributed by atoms with E-state index >= 15 is 0 Å². The van der Waals surface area contributed by atoms with Gasteiger partial charge in [0.25, 0.3) is 0 Å². The Morgan fingerprint density at radius 1 is 1.53 bits per heavy atom. The Kier molecular flexibility index (Phi) is 4.04. The Bertz CT molecular complexity index is 498. The van der Waals surface area contributed by atoms with Crippen LogP contribution in [0.15, 0.2) is 24.3 Å². The third-order valence-electron chi connectivity index (χ3n) is 3.49. The molecule has 1 fully saturated rings. The van der Waals surface area contributed by atoms with Gasteiger partial charge in [0, 0.05) is 6.54 Å². The largest absolute Gasteiger partial charge is 0.497 e.